The predicted octanol–water partition coefficient (Wildman–Crippen LogP) is 2.42. The number of aromatic nitrogens is 2. The van der Waals surface area contributed by atoms with Crippen molar-refractivity contribution in [3.8, 4) is 0 Å². The molecule has 24 heavy (non-hydrogen) atoms. The van der Waals surface area contributed by atoms with Crippen LogP contribution >= 0.6 is 0 Å². The van der Waals surface area contributed by atoms with Gasteiger partial charge in [0.15, 0.2) is 0 Å². The third-order valence-electron chi connectivity index (χ3n) is 4.89. The van der Waals surface area contributed by atoms with Crippen LogP contribution in [0.1, 0.15) is 58.4 Å². The predicted molar refractivity (Wildman–Crippen MR) is 91.7 cm³/mol. The smallest absolute Gasteiger partial charge is 0.321 e. The Labute approximate surface area is 142 Å². The lowest BCUT2D eigenvalue weighted by molar-refractivity contribution is -0.127. The van der Waals surface area contributed by atoms with Gasteiger partial charge in [0.1, 0.15) is 11.4 Å². The molecule has 0 atom stereocenters. The van der Waals surface area contributed by atoms with E-state index < -0.39 is 5.54 Å². The first-order chi connectivity index (χ1) is 11.5. The summed E-state index contributed by atoms with van der Waals surface area (Å²) in [6.07, 6.45) is 7.35. The van der Waals surface area contributed by atoms with E-state index in [1.807, 2.05) is 13.8 Å². The van der Waals surface area contributed by atoms with Crippen LogP contribution in [-0.2, 0) is 4.79 Å². The third kappa shape index (κ3) is 3.71. The molecule has 7 heteroatoms. The molecular weight excluding hydrogens is 306 g/mol. The third-order valence-corrected chi connectivity index (χ3v) is 4.89. The Kier molecular flexibility index (Phi) is 4.78. The first-order valence-corrected chi connectivity index (χ1v) is 8.91. The zero-order chi connectivity index (χ0) is 17.2. The van der Waals surface area contributed by atoms with E-state index in [2.05, 4.69) is 21.0 Å². The van der Waals surface area contributed by atoms with Crippen molar-refractivity contribution >= 4 is 17.8 Å². The maximum absolute atomic E-state index is 12.6. The molecule has 2 aliphatic rings. The van der Waals surface area contributed by atoms with Crippen LogP contribution < -0.4 is 16.0 Å². The number of amides is 3. The fraction of sp³-hybridized carbons (Fsp3) is 0.706. The summed E-state index contributed by atoms with van der Waals surface area (Å²) < 4.78 is 1.74. The molecule has 0 unspecified atom stereocenters. The van der Waals surface area contributed by atoms with Crippen molar-refractivity contribution in [1.82, 2.24) is 20.4 Å². The van der Waals surface area contributed by atoms with Gasteiger partial charge in [0.2, 0.25) is 5.91 Å². The van der Waals surface area contributed by atoms with Crippen molar-refractivity contribution in [1.29, 1.82) is 0 Å². The number of nitrogens with one attached hydrogen (secondary N) is 3. The van der Waals surface area contributed by atoms with Crippen LogP contribution in [0, 0.1) is 5.92 Å². The molecule has 2 aliphatic carbocycles. The average Bonchev–Trinajstić information content (AvgIpc) is 3.04. The number of hydrogen-bond donors (Lipinski definition) is 3. The molecule has 0 bridgehead atoms. The second kappa shape index (κ2) is 6.83. The van der Waals surface area contributed by atoms with Gasteiger partial charge in [-0.1, -0.05) is 12.8 Å². The monoisotopic (exact) mass is 333 g/mol. The minimum Gasteiger partial charge on any atom is -0.354 e. The zero-order valence-corrected chi connectivity index (χ0v) is 14.5. The van der Waals surface area contributed by atoms with Gasteiger partial charge >= 0.3 is 6.03 Å². The largest absolute Gasteiger partial charge is 0.354 e. The summed E-state index contributed by atoms with van der Waals surface area (Å²) in [5.74, 6) is 1.22. The molecule has 7 nitrogen and oxygen atoms in total. The molecule has 0 saturated heterocycles. The Morgan fingerprint density at radius 1 is 1.33 bits per heavy atom. The molecule has 0 spiro atoms. The Hall–Kier alpha value is -2.05. The highest BCUT2D eigenvalue weighted by molar-refractivity contribution is 5.95. The average molecular weight is 333 g/mol. The van der Waals surface area contributed by atoms with Crippen molar-refractivity contribution in [2.24, 2.45) is 5.92 Å². The van der Waals surface area contributed by atoms with E-state index in [1.54, 1.807) is 16.9 Å². The number of urea groups is 1. The van der Waals surface area contributed by atoms with E-state index in [0.29, 0.717) is 24.6 Å². The van der Waals surface area contributed by atoms with Crippen molar-refractivity contribution in [2.75, 3.05) is 11.9 Å². The fourth-order valence-electron chi connectivity index (χ4n) is 3.31. The maximum Gasteiger partial charge on any atom is 0.321 e. The summed E-state index contributed by atoms with van der Waals surface area (Å²) in [7, 11) is 0. The Morgan fingerprint density at radius 3 is 2.67 bits per heavy atom. The van der Waals surface area contributed by atoms with Gasteiger partial charge in [-0.3, -0.25) is 10.1 Å². The second-order valence-electron chi connectivity index (χ2n) is 7.28. The van der Waals surface area contributed by atoms with E-state index in [-0.39, 0.29) is 18.0 Å². The molecule has 2 fully saturated rings. The molecule has 1 heterocycles. The molecular formula is C17H27N5O2. The molecule has 132 valence electrons. The van der Waals surface area contributed by atoms with Gasteiger partial charge in [-0.15, -0.1) is 0 Å². The van der Waals surface area contributed by atoms with Gasteiger partial charge in [-0.2, -0.15) is 5.10 Å². The van der Waals surface area contributed by atoms with Crippen molar-refractivity contribution in [3.05, 3.63) is 12.3 Å². The molecule has 2 saturated carbocycles. The standard InChI is InChI=1S/C17H27N5O2/c1-12(2)22-14(7-10-19-22)20-16(24)21-17(8-3-4-9-17)15(23)18-11-13-5-6-13/h7,10,12-13H,3-6,8-9,11H2,1-2H3,(H,18,23)(H2,20,21,24). The minimum atomic E-state index is -0.776. The molecule has 1 aromatic heterocycles. The topological polar surface area (TPSA) is 88.1 Å². The van der Waals surface area contributed by atoms with Crippen LogP contribution in [0.5, 0.6) is 0 Å². The molecule has 0 aromatic carbocycles. The van der Waals surface area contributed by atoms with Crippen LogP contribution in [0.4, 0.5) is 10.6 Å². The lowest BCUT2D eigenvalue weighted by Crippen LogP contribution is -2.58. The number of carbonyl (C=O) groups is 2. The molecule has 0 radical (unpaired) electrons. The highest BCUT2D eigenvalue weighted by atomic mass is 16.2. The van der Waals surface area contributed by atoms with Gasteiger partial charge in [-0.05, 0) is 45.4 Å². The Bertz CT molecular complexity index is 600. The summed E-state index contributed by atoms with van der Waals surface area (Å²) in [6.45, 7) is 4.73. The second-order valence-corrected chi connectivity index (χ2v) is 7.28. The Morgan fingerprint density at radius 2 is 2.04 bits per heavy atom. The van der Waals surface area contributed by atoms with Gasteiger partial charge in [0.05, 0.1) is 6.20 Å². The van der Waals surface area contributed by atoms with Crippen LogP contribution in [0.25, 0.3) is 0 Å². The number of nitrogens with zero attached hydrogens (tertiary/aromatic N) is 2. The lowest BCUT2D eigenvalue weighted by Gasteiger charge is -2.29. The Balaban J connectivity index is 1.62. The molecule has 3 rings (SSSR count). The van der Waals surface area contributed by atoms with Gasteiger partial charge in [0.25, 0.3) is 0 Å². The van der Waals surface area contributed by atoms with E-state index in [9.17, 15) is 9.59 Å². The number of hydrogen-bond acceptors (Lipinski definition) is 3. The SMILES string of the molecule is CC(C)n1nccc1NC(=O)NC1(C(=O)NCC2CC2)CCCC1. The first-order valence-electron chi connectivity index (χ1n) is 8.91. The molecule has 0 aliphatic heterocycles. The summed E-state index contributed by atoms with van der Waals surface area (Å²) in [4.78, 5) is 25.1. The van der Waals surface area contributed by atoms with Crippen molar-refractivity contribution < 1.29 is 9.59 Å². The fourth-order valence-corrected chi connectivity index (χ4v) is 3.31. The van der Waals surface area contributed by atoms with Crippen LogP contribution in [0.15, 0.2) is 12.3 Å². The first kappa shape index (κ1) is 16.8. The van der Waals surface area contributed by atoms with Crippen LogP contribution in [0.3, 0.4) is 0 Å². The number of carbonyl (C=O) groups excluding carboxylic acids is 2. The van der Waals surface area contributed by atoms with Gasteiger partial charge in [0, 0.05) is 18.7 Å². The lowest BCUT2D eigenvalue weighted by atomic mass is 9.96. The summed E-state index contributed by atoms with van der Waals surface area (Å²) in [5, 5.41) is 13.0. The summed E-state index contributed by atoms with van der Waals surface area (Å²) in [5.41, 5.74) is -0.776. The summed E-state index contributed by atoms with van der Waals surface area (Å²) in [6, 6.07) is 1.56. The summed E-state index contributed by atoms with van der Waals surface area (Å²) >= 11 is 0. The van der Waals surface area contributed by atoms with E-state index in [4.69, 9.17) is 0 Å². The maximum atomic E-state index is 12.6. The normalized spacial score (nSPS) is 19.3. The number of anilines is 1. The molecule has 3 amide bonds. The minimum absolute atomic E-state index is 0.0422. The number of rotatable bonds is 6. The molecule has 1 aromatic rings. The highest BCUT2D eigenvalue weighted by Crippen LogP contribution is 2.31. The van der Waals surface area contributed by atoms with Crippen LogP contribution in [-0.4, -0.2) is 33.8 Å². The highest BCUT2D eigenvalue weighted by Gasteiger charge is 2.43. The van der Waals surface area contributed by atoms with E-state index in [0.717, 1.165) is 19.4 Å². The van der Waals surface area contributed by atoms with E-state index >= 15 is 0 Å². The van der Waals surface area contributed by atoms with Gasteiger partial charge in [-0.25, -0.2) is 9.48 Å². The van der Waals surface area contributed by atoms with Crippen LogP contribution in [0.2, 0.25) is 0 Å². The zero-order valence-electron chi connectivity index (χ0n) is 14.5. The van der Waals surface area contributed by atoms with Crippen molar-refractivity contribution in [2.45, 2.75) is 64.0 Å². The molecule has 3 N–H and O–H groups in total. The quantitative estimate of drug-likeness (QED) is 0.747. The van der Waals surface area contributed by atoms with Crippen molar-refractivity contribution in [3.63, 3.8) is 0 Å². The van der Waals surface area contributed by atoms with Gasteiger partial charge < -0.3 is 10.6 Å². The van der Waals surface area contributed by atoms with E-state index in [1.165, 1.54) is 12.8 Å².